The SMILES string of the molecule is Cc1cccc2c1CCC2(C)C(=O)O. The molecule has 0 aromatic heterocycles. The fourth-order valence-corrected chi connectivity index (χ4v) is 2.28. The van der Waals surface area contributed by atoms with Gasteiger partial charge in [0, 0.05) is 0 Å². The van der Waals surface area contributed by atoms with Crippen molar-refractivity contribution in [2.45, 2.75) is 32.1 Å². The van der Waals surface area contributed by atoms with Crippen LogP contribution in [0.1, 0.15) is 30.0 Å². The molecule has 1 atom stereocenters. The normalized spacial score (nSPS) is 24.7. The van der Waals surface area contributed by atoms with Crippen molar-refractivity contribution in [2.75, 3.05) is 0 Å². The van der Waals surface area contributed by atoms with E-state index >= 15 is 0 Å². The minimum Gasteiger partial charge on any atom is -0.481 e. The highest BCUT2D eigenvalue weighted by Crippen LogP contribution is 2.40. The Bertz CT molecular complexity index is 395. The van der Waals surface area contributed by atoms with E-state index in [0.717, 1.165) is 18.4 Å². The van der Waals surface area contributed by atoms with E-state index in [1.807, 2.05) is 32.0 Å². The van der Waals surface area contributed by atoms with Gasteiger partial charge in [0.25, 0.3) is 0 Å². The second-order valence-corrected chi connectivity index (χ2v) is 4.24. The Morgan fingerprint density at radius 1 is 1.50 bits per heavy atom. The third kappa shape index (κ3) is 1.07. The van der Waals surface area contributed by atoms with Crippen molar-refractivity contribution in [2.24, 2.45) is 0 Å². The third-order valence-corrected chi connectivity index (χ3v) is 3.35. The lowest BCUT2D eigenvalue weighted by atomic mass is 9.84. The first-order valence-electron chi connectivity index (χ1n) is 4.88. The summed E-state index contributed by atoms with van der Waals surface area (Å²) in [5, 5.41) is 9.21. The van der Waals surface area contributed by atoms with Crippen molar-refractivity contribution in [3.8, 4) is 0 Å². The van der Waals surface area contributed by atoms with Gasteiger partial charge in [0.2, 0.25) is 0 Å². The molecule has 0 bridgehead atoms. The molecule has 2 rings (SSSR count). The van der Waals surface area contributed by atoms with Gasteiger partial charge in [-0.2, -0.15) is 0 Å². The van der Waals surface area contributed by atoms with Gasteiger partial charge in [-0.25, -0.2) is 0 Å². The quantitative estimate of drug-likeness (QED) is 0.737. The molecule has 0 saturated heterocycles. The Kier molecular flexibility index (Phi) is 1.88. The smallest absolute Gasteiger partial charge is 0.313 e. The molecule has 2 heteroatoms. The summed E-state index contributed by atoms with van der Waals surface area (Å²) in [6.45, 7) is 3.87. The van der Waals surface area contributed by atoms with Crippen LogP contribution < -0.4 is 0 Å². The number of fused-ring (bicyclic) bond motifs is 1. The molecule has 0 radical (unpaired) electrons. The molecule has 1 N–H and O–H groups in total. The van der Waals surface area contributed by atoms with Crippen LogP contribution in [0.4, 0.5) is 0 Å². The fraction of sp³-hybridized carbons (Fsp3) is 0.417. The molecule has 0 saturated carbocycles. The van der Waals surface area contributed by atoms with Crippen LogP contribution in [0.25, 0.3) is 0 Å². The number of hydrogen-bond donors (Lipinski definition) is 1. The van der Waals surface area contributed by atoms with Crippen molar-refractivity contribution >= 4 is 5.97 Å². The van der Waals surface area contributed by atoms with E-state index in [2.05, 4.69) is 0 Å². The number of hydrogen-bond acceptors (Lipinski definition) is 1. The monoisotopic (exact) mass is 190 g/mol. The van der Waals surface area contributed by atoms with E-state index in [1.54, 1.807) is 0 Å². The number of aliphatic carboxylic acids is 1. The lowest BCUT2D eigenvalue weighted by molar-refractivity contribution is -0.143. The van der Waals surface area contributed by atoms with Gasteiger partial charge in [0.05, 0.1) is 5.41 Å². The second-order valence-electron chi connectivity index (χ2n) is 4.24. The van der Waals surface area contributed by atoms with E-state index in [9.17, 15) is 9.90 Å². The molecule has 0 aliphatic heterocycles. The molecule has 14 heavy (non-hydrogen) atoms. The predicted octanol–water partition coefficient (Wildman–Crippen LogP) is 2.28. The maximum absolute atomic E-state index is 11.2. The summed E-state index contributed by atoms with van der Waals surface area (Å²) in [7, 11) is 0. The summed E-state index contributed by atoms with van der Waals surface area (Å²) in [6.07, 6.45) is 1.62. The molecule has 0 fully saturated rings. The van der Waals surface area contributed by atoms with Crippen LogP contribution in [0, 0.1) is 6.92 Å². The number of benzene rings is 1. The number of carboxylic acids is 1. The van der Waals surface area contributed by atoms with Crippen molar-refractivity contribution in [1.82, 2.24) is 0 Å². The number of rotatable bonds is 1. The lowest BCUT2D eigenvalue weighted by Crippen LogP contribution is -2.29. The minimum atomic E-state index is -0.707. The fourth-order valence-electron chi connectivity index (χ4n) is 2.28. The maximum Gasteiger partial charge on any atom is 0.313 e. The third-order valence-electron chi connectivity index (χ3n) is 3.35. The number of aryl methyl sites for hydroxylation is 1. The highest BCUT2D eigenvalue weighted by atomic mass is 16.4. The van der Waals surface area contributed by atoms with E-state index < -0.39 is 11.4 Å². The van der Waals surface area contributed by atoms with Gasteiger partial charge in [-0.05, 0) is 43.4 Å². The molecular weight excluding hydrogens is 176 g/mol. The molecule has 1 unspecified atom stereocenters. The van der Waals surface area contributed by atoms with Crippen LogP contribution in [0.3, 0.4) is 0 Å². The molecule has 0 heterocycles. The van der Waals surface area contributed by atoms with Crippen LogP contribution in [-0.4, -0.2) is 11.1 Å². The van der Waals surface area contributed by atoms with Gasteiger partial charge in [-0.3, -0.25) is 4.79 Å². The Labute approximate surface area is 83.6 Å². The lowest BCUT2D eigenvalue weighted by Gasteiger charge is -2.19. The van der Waals surface area contributed by atoms with Gasteiger partial charge in [0.15, 0.2) is 0 Å². The first-order valence-corrected chi connectivity index (χ1v) is 4.88. The van der Waals surface area contributed by atoms with Gasteiger partial charge in [0.1, 0.15) is 0 Å². The van der Waals surface area contributed by atoms with Crippen molar-refractivity contribution in [3.05, 3.63) is 34.9 Å². The summed E-state index contributed by atoms with van der Waals surface area (Å²) in [4.78, 5) is 11.2. The standard InChI is InChI=1S/C12H14O2/c1-8-4-3-5-10-9(8)6-7-12(10,2)11(13)14/h3-5H,6-7H2,1-2H3,(H,13,14). The first kappa shape index (κ1) is 9.25. The van der Waals surface area contributed by atoms with Gasteiger partial charge in [-0.15, -0.1) is 0 Å². The molecular formula is C12H14O2. The first-order chi connectivity index (χ1) is 6.55. The Morgan fingerprint density at radius 2 is 2.21 bits per heavy atom. The molecule has 74 valence electrons. The van der Waals surface area contributed by atoms with Crippen molar-refractivity contribution in [1.29, 1.82) is 0 Å². The molecule has 2 nitrogen and oxygen atoms in total. The summed E-state index contributed by atoms with van der Waals surface area (Å²) in [5.74, 6) is -0.707. The summed E-state index contributed by atoms with van der Waals surface area (Å²) >= 11 is 0. The minimum absolute atomic E-state index is 0.665. The van der Waals surface area contributed by atoms with Crippen molar-refractivity contribution in [3.63, 3.8) is 0 Å². The largest absolute Gasteiger partial charge is 0.481 e. The van der Waals surface area contributed by atoms with Gasteiger partial charge >= 0.3 is 5.97 Å². The van der Waals surface area contributed by atoms with E-state index in [-0.39, 0.29) is 0 Å². The Hall–Kier alpha value is -1.31. The average molecular weight is 190 g/mol. The highest BCUT2D eigenvalue weighted by molar-refractivity contribution is 5.82. The van der Waals surface area contributed by atoms with E-state index in [1.165, 1.54) is 11.1 Å². The number of carboxylic acid groups (broad SMARTS) is 1. The van der Waals surface area contributed by atoms with Crippen LogP contribution in [0.15, 0.2) is 18.2 Å². The summed E-state index contributed by atoms with van der Waals surface area (Å²) in [5.41, 5.74) is 2.79. The highest BCUT2D eigenvalue weighted by Gasteiger charge is 2.41. The predicted molar refractivity (Wildman–Crippen MR) is 54.5 cm³/mol. The Balaban J connectivity index is 2.60. The molecule has 1 aliphatic carbocycles. The van der Waals surface area contributed by atoms with Gasteiger partial charge < -0.3 is 5.11 Å². The van der Waals surface area contributed by atoms with Crippen molar-refractivity contribution < 1.29 is 9.90 Å². The van der Waals surface area contributed by atoms with E-state index in [0.29, 0.717) is 0 Å². The molecule has 1 aromatic rings. The van der Waals surface area contributed by atoms with Crippen LogP contribution in [-0.2, 0) is 16.6 Å². The zero-order valence-corrected chi connectivity index (χ0v) is 8.50. The molecule has 1 aromatic carbocycles. The zero-order chi connectivity index (χ0) is 10.3. The zero-order valence-electron chi connectivity index (χ0n) is 8.50. The molecule has 0 spiro atoms. The summed E-state index contributed by atoms with van der Waals surface area (Å²) in [6, 6.07) is 5.94. The molecule has 1 aliphatic rings. The maximum atomic E-state index is 11.2. The van der Waals surface area contributed by atoms with Gasteiger partial charge in [-0.1, -0.05) is 18.2 Å². The topological polar surface area (TPSA) is 37.3 Å². The summed E-state index contributed by atoms with van der Waals surface area (Å²) < 4.78 is 0. The van der Waals surface area contributed by atoms with Crippen LogP contribution in [0.2, 0.25) is 0 Å². The Morgan fingerprint density at radius 3 is 2.86 bits per heavy atom. The average Bonchev–Trinajstić information content (AvgIpc) is 2.47. The number of carbonyl (C=O) groups is 1. The second kappa shape index (κ2) is 2.84. The van der Waals surface area contributed by atoms with Crippen LogP contribution in [0.5, 0.6) is 0 Å². The molecule has 0 amide bonds. The van der Waals surface area contributed by atoms with Crippen LogP contribution >= 0.6 is 0 Å². The van der Waals surface area contributed by atoms with E-state index in [4.69, 9.17) is 0 Å².